The Morgan fingerprint density at radius 1 is 1.28 bits per heavy atom. The number of hydrogen-bond acceptors (Lipinski definition) is 3. The lowest BCUT2D eigenvalue weighted by Gasteiger charge is -2.26. The molecule has 0 atom stereocenters. The number of carbonyl (C=O) groups is 1. The third-order valence-electron chi connectivity index (χ3n) is 2.60. The summed E-state index contributed by atoms with van der Waals surface area (Å²) < 4.78 is 42.0. The van der Waals surface area contributed by atoms with Crippen molar-refractivity contribution in [2.24, 2.45) is 0 Å². The van der Waals surface area contributed by atoms with Crippen molar-refractivity contribution in [3.63, 3.8) is 0 Å². The highest BCUT2D eigenvalue weighted by Crippen LogP contribution is 2.27. The number of rotatable bonds is 1. The fourth-order valence-corrected chi connectivity index (χ4v) is 1.64. The summed E-state index contributed by atoms with van der Waals surface area (Å²) in [4.78, 5) is 16.7. The van der Waals surface area contributed by atoms with Crippen molar-refractivity contribution in [1.29, 1.82) is 0 Å². The molecule has 0 aromatic carbocycles. The summed E-state index contributed by atoms with van der Waals surface area (Å²) in [5, 5.41) is 0. The quantitative estimate of drug-likeness (QED) is 0.769. The van der Waals surface area contributed by atoms with E-state index in [1.54, 1.807) is 0 Å². The Balaban J connectivity index is 2.11. The molecule has 0 aliphatic carbocycles. The lowest BCUT2D eigenvalue weighted by atomic mass is 10.2. The van der Waals surface area contributed by atoms with E-state index >= 15 is 0 Å². The minimum Gasteiger partial charge on any atom is -0.378 e. The second-order valence-corrected chi connectivity index (χ2v) is 3.83. The maximum absolute atomic E-state index is 12.3. The Bertz CT molecular complexity index is 425. The van der Waals surface area contributed by atoms with E-state index in [1.165, 1.54) is 4.90 Å². The molecule has 18 heavy (non-hydrogen) atoms. The van der Waals surface area contributed by atoms with Crippen LogP contribution in [0, 0.1) is 0 Å². The van der Waals surface area contributed by atoms with E-state index in [4.69, 9.17) is 4.74 Å². The Morgan fingerprint density at radius 2 is 1.94 bits per heavy atom. The third kappa shape index (κ3) is 2.79. The average Bonchev–Trinajstić information content (AvgIpc) is 2.38. The van der Waals surface area contributed by atoms with Gasteiger partial charge in [-0.3, -0.25) is 9.78 Å². The van der Waals surface area contributed by atoms with Crippen molar-refractivity contribution in [2.75, 3.05) is 26.3 Å². The van der Waals surface area contributed by atoms with E-state index in [0.29, 0.717) is 26.3 Å². The van der Waals surface area contributed by atoms with E-state index in [9.17, 15) is 18.0 Å². The van der Waals surface area contributed by atoms with Crippen molar-refractivity contribution in [3.8, 4) is 0 Å². The molecule has 1 aromatic rings. The Labute approximate surface area is 101 Å². The molecule has 0 N–H and O–H groups in total. The third-order valence-corrected chi connectivity index (χ3v) is 2.60. The highest BCUT2D eigenvalue weighted by Gasteiger charge is 2.32. The van der Waals surface area contributed by atoms with Crippen LogP contribution in [-0.4, -0.2) is 42.1 Å². The number of nitrogens with zero attached hydrogens (tertiary/aromatic N) is 2. The van der Waals surface area contributed by atoms with Crippen molar-refractivity contribution in [1.82, 2.24) is 9.88 Å². The summed E-state index contributed by atoms with van der Waals surface area (Å²) in [6, 6.07) is 1.96. The minimum absolute atomic E-state index is 0.157. The van der Waals surface area contributed by atoms with Crippen LogP contribution in [0.5, 0.6) is 0 Å². The van der Waals surface area contributed by atoms with E-state index in [2.05, 4.69) is 4.98 Å². The van der Waals surface area contributed by atoms with Gasteiger partial charge in [0.2, 0.25) is 0 Å². The van der Waals surface area contributed by atoms with Crippen LogP contribution in [0.2, 0.25) is 0 Å². The van der Waals surface area contributed by atoms with E-state index < -0.39 is 11.9 Å². The van der Waals surface area contributed by atoms with E-state index in [-0.39, 0.29) is 11.5 Å². The maximum atomic E-state index is 12.3. The molecule has 1 fully saturated rings. The lowest BCUT2D eigenvalue weighted by Crippen LogP contribution is -2.40. The predicted octanol–water partition coefficient (Wildman–Crippen LogP) is 1.57. The molecule has 1 amide bonds. The molecule has 0 saturated carbocycles. The predicted molar refractivity (Wildman–Crippen MR) is 56.0 cm³/mol. The molecule has 1 aliphatic rings. The van der Waals surface area contributed by atoms with Gasteiger partial charge in [-0.15, -0.1) is 0 Å². The summed E-state index contributed by atoms with van der Waals surface area (Å²) in [5.41, 5.74) is -0.842. The van der Waals surface area contributed by atoms with Gasteiger partial charge in [-0.1, -0.05) is 0 Å². The van der Waals surface area contributed by atoms with Gasteiger partial charge >= 0.3 is 6.18 Å². The monoisotopic (exact) mass is 260 g/mol. The first-order valence-electron chi connectivity index (χ1n) is 5.39. The zero-order valence-electron chi connectivity index (χ0n) is 9.41. The molecule has 0 bridgehead atoms. The van der Waals surface area contributed by atoms with Crippen molar-refractivity contribution < 1.29 is 22.7 Å². The van der Waals surface area contributed by atoms with Gasteiger partial charge in [-0.05, 0) is 12.1 Å². The van der Waals surface area contributed by atoms with Crippen LogP contribution in [0.3, 0.4) is 0 Å². The van der Waals surface area contributed by atoms with Gasteiger partial charge in [0.15, 0.2) is 0 Å². The number of halogens is 3. The molecule has 98 valence electrons. The van der Waals surface area contributed by atoms with E-state index in [0.717, 1.165) is 18.3 Å². The van der Waals surface area contributed by atoms with Gasteiger partial charge in [0.1, 0.15) is 5.69 Å². The van der Waals surface area contributed by atoms with Crippen LogP contribution in [0.1, 0.15) is 16.1 Å². The number of ether oxygens (including phenoxy) is 1. The maximum Gasteiger partial charge on any atom is 0.433 e. The van der Waals surface area contributed by atoms with Crippen LogP contribution in [0.4, 0.5) is 13.2 Å². The lowest BCUT2D eigenvalue weighted by molar-refractivity contribution is -0.141. The SMILES string of the molecule is O=C(c1ccc(C(F)(F)F)nc1)N1CCOCC1. The Kier molecular flexibility index (Phi) is 3.51. The highest BCUT2D eigenvalue weighted by molar-refractivity contribution is 5.94. The molecule has 4 nitrogen and oxygen atoms in total. The number of morpholine rings is 1. The molecule has 0 radical (unpaired) electrons. The van der Waals surface area contributed by atoms with Crippen molar-refractivity contribution >= 4 is 5.91 Å². The smallest absolute Gasteiger partial charge is 0.378 e. The fourth-order valence-electron chi connectivity index (χ4n) is 1.64. The van der Waals surface area contributed by atoms with Crippen LogP contribution in [0.25, 0.3) is 0 Å². The van der Waals surface area contributed by atoms with Gasteiger partial charge in [0.25, 0.3) is 5.91 Å². The van der Waals surface area contributed by atoms with Crippen molar-refractivity contribution in [2.45, 2.75) is 6.18 Å². The number of aromatic nitrogens is 1. The van der Waals surface area contributed by atoms with Crippen LogP contribution in [-0.2, 0) is 10.9 Å². The molecule has 7 heteroatoms. The molecule has 1 saturated heterocycles. The van der Waals surface area contributed by atoms with Crippen LogP contribution >= 0.6 is 0 Å². The number of hydrogen-bond donors (Lipinski definition) is 0. The van der Waals surface area contributed by atoms with Gasteiger partial charge < -0.3 is 9.64 Å². The largest absolute Gasteiger partial charge is 0.433 e. The Morgan fingerprint density at radius 3 is 2.44 bits per heavy atom. The second kappa shape index (κ2) is 4.93. The number of amides is 1. The van der Waals surface area contributed by atoms with Gasteiger partial charge in [0.05, 0.1) is 18.8 Å². The Hall–Kier alpha value is -1.63. The highest BCUT2D eigenvalue weighted by atomic mass is 19.4. The van der Waals surface area contributed by atoms with E-state index in [1.807, 2.05) is 0 Å². The molecular formula is C11H11F3N2O2. The number of pyridine rings is 1. The second-order valence-electron chi connectivity index (χ2n) is 3.83. The number of carbonyl (C=O) groups excluding carboxylic acids is 1. The van der Waals surface area contributed by atoms with Gasteiger partial charge in [-0.25, -0.2) is 0 Å². The molecular weight excluding hydrogens is 249 g/mol. The molecule has 0 unspecified atom stereocenters. The van der Waals surface area contributed by atoms with Gasteiger partial charge in [0, 0.05) is 19.3 Å². The van der Waals surface area contributed by atoms with Gasteiger partial charge in [-0.2, -0.15) is 13.2 Å². The molecule has 1 aromatic heterocycles. The van der Waals surface area contributed by atoms with Crippen LogP contribution < -0.4 is 0 Å². The summed E-state index contributed by atoms with van der Waals surface area (Å²) in [6.07, 6.45) is -3.53. The standard InChI is InChI=1S/C11H11F3N2O2/c12-11(13,14)9-2-1-8(7-15-9)10(17)16-3-5-18-6-4-16/h1-2,7H,3-6H2. The van der Waals surface area contributed by atoms with Crippen molar-refractivity contribution in [3.05, 3.63) is 29.6 Å². The average molecular weight is 260 g/mol. The normalized spacial score (nSPS) is 16.7. The first-order valence-corrected chi connectivity index (χ1v) is 5.39. The molecule has 2 rings (SSSR count). The summed E-state index contributed by atoms with van der Waals surface area (Å²) in [5.74, 6) is -0.320. The summed E-state index contributed by atoms with van der Waals surface area (Å²) >= 11 is 0. The first-order chi connectivity index (χ1) is 8.48. The zero-order valence-corrected chi connectivity index (χ0v) is 9.41. The number of alkyl halides is 3. The topological polar surface area (TPSA) is 42.4 Å². The zero-order chi connectivity index (χ0) is 13.2. The molecule has 2 heterocycles. The first kappa shape index (κ1) is 12.8. The molecule has 1 aliphatic heterocycles. The molecule has 0 spiro atoms. The summed E-state index contributed by atoms with van der Waals surface area (Å²) in [6.45, 7) is 1.78. The summed E-state index contributed by atoms with van der Waals surface area (Å²) in [7, 11) is 0. The fraction of sp³-hybridized carbons (Fsp3) is 0.455. The minimum atomic E-state index is -4.49. The van der Waals surface area contributed by atoms with Crippen LogP contribution in [0.15, 0.2) is 18.3 Å².